The van der Waals surface area contributed by atoms with E-state index in [9.17, 15) is 0 Å². The predicted octanol–water partition coefficient (Wildman–Crippen LogP) is 6.29. The molecule has 1 heterocycles. The molecule has 5 nitrogen and oxygen atoms in total. The highest BCUT2D eigenvalue weighted by atomic mass is 35.5. The first kappa shape index (κ1) is 18.0. The summed E-state index contributed by atoms with van der Waals surface area (Å²) < 4.78 is 2.10. The molecule has 23 heavy (non-hydrogen) atoms. The molecule has 1 aromatic heterocycles. The number of nitrogens with zero attached hydrogens (tertiary/aromatic N) is 5. The predicted molar refractivity (Wildman–Crippen MR) is 95.4 cm³/mol. The Morgan fingerprint density at radius 1 is 1.30 bits per heavy atom. The Hall–Kier alpha value is -1.33. The molecule has 0 unspecified atom stereocenters. The van der Waals surface area contributed by atoms with Gasteiger partial charge in [0.05, 0.1) is 12.2 Å². The van der Waals surface area contributed by atoms with Crippen LogP contribution in [0.2, 0.25) is 10.0 Å². The summed E-state index contributed by atoms with van der Waals surface area (Å²) in [5.41, 5.74) is 9.68. The van der Waals surface area contributed by atoms with E-state index in [1.165, 1.54) is 11.8 Å². The number of azide groups is 1. The fourth-order valence-corrected chi connectivity index (χ4v) is 4.24. The van der Waals surface area contributed by atoms with Crippen LogP contribution in [0.15, 0.2) is 33.2 Å². The van der Waals surface area contributed by atoms with Crippen molar-refractivity contribution in [1.82, 2.24) is 9.55 Å². The summed E-state index contributed by atoms with van der Waals surface area (Å²) in [6, 6.07) is 5.43. The number of halogens is 2. The zero-order chi connectivity index (χ0) is 17.0. The second-order valence-electron chi connectivity index (χ2n) is 5.21. The number of hydrogen-bond acceptors (Lipinski definition) is 3. The second-order valence-corrected chi connectivity index (χ2v) is 7.15. The molecule has 0 atom stereocenters. The summed E-state index contributed by atoms with van der Waals surface area (Å²) in [5, 5.41) is 5.72. The fraction of sp³-hybridized carbons (Fsp3) is 0.400. The molecule has 0 aliphatic rings. The summed E-state index contributed by atoms with van der Waals surface area (Å²) in [7, 11) is 0. The third-order valence-corrected chi connectivity index (χ3v) is 4.64. The van der Waals surface area contributed by atoms with Gasteiger partial charge in [-0.05, 0) is 36.6 Å². The van der Waals surface area contributed by atoms with Crippen molar-refractivity contribution in [3.63, 3.8) is 0 Å². The van der Waals surface area contributed by atoms with E-state index in [0.29, 0.717) is 16.0 Å². The van der Waals surface area contributed by atoms with Crippen LogP contribution in [0, 0.1) is 0 Å². The molecule has 0 saturated heterocycles. The molecule has 8 heteroatoms. The van der Waals surface area contributed by atoms with Crippen LogP contribution in [0.25, 0.3) is 10.4 Å². The monoisotopic (exact) mass is 369 g/mol. The van der Waals surface area contributed by atoms with Gasteiger partial charge >= 0.3 is 0 Å². The maximum Gasteiger partial charge on any atom is 0.123 e. The van der Waals surface area contributed by atoms with E-state index in [-0.39, 0.29) is 6.54 Å². The van der Waals surface area contributed by atoms with Crippen LogP contribution >= 0.6 is 35.0 Å². The van der Waals surface area contributed by atoms with Crippen molar-refractivity contribution in [2.75, 3.05) is 0 Å². The zero-order valence-corrected chi connectivity index (χ0v) is 15.5. The molecule has 0 N–H and O–H groups in total. The van der Waals surface area contributed by atoms with Gasteiger partial charge in [0, 0.05) is 26.4 Å². The van der Waals surface area contributed by atoms with Gasteiger partial charge in [0.1, 0.15) is 10.9 Å². The van der Waals surface area contributed by atoms with Crippen LogP contribution in [-0.2, 0) is 13.1 Å². The Kier molecular flexibility index (Phi) is 6.25. The molecular weight excluding hydrogens is 353 g/mol. The normalized spacial score (nSPS) is 10.9. The van der Waals surface area contributed by atoms with Gasteiger partial charge in [0.15, 0.2) is 0 Å². The molecule has 0 bridgehead atoms. The summed E-state index contributed by atoms with van der Waals surface area (Å²) in [6.45, 7) is 7.30. The maximum absolute atomic E-state index is 8.56. The topological polar surface area (TPSA) is 66.6 Å². The van der Waals surface area contributed by atoms with Crippen molar-refractivity contribution in [3.8, 4) is 0 Å². The Labute approximate surface area is 149 Å². The molecular formula is C15H17Cl2N5S. The van der Waals surface area contributed by atoms with Crippen LogP contribution in [0.4, 0.5) is 0 Å². The Bertz CT molecular complexity index is 730. The number of aromatic nitrogens is 2. The van der Waals surface area contributed by atoms with Crippen molar-refractivity contribution in [1.29, 1.82) is 0 Å². The molecule has 2 rings (SSSR count). The number of rotatable bonds is 6. The van der Waals surface area contributed by atoms with E-state index in [1.54, 1.807) is 6.07 Å². The third kappa shape index (κ3) is 4.36. The van der Waals surface area contributed by atoms with E-state index >= 15 is 0 Å². The van der Waals surface area contributed by atoms with Gasteiger partial charge in [-0.3, -0.25) is 0 Å². The van der Waals surface area contributed by atoms with Crippen molar-refractivity contribution in [2.45, 2.75) is 49.7 Å². The lowest BCUT2D eigenvalue weighted by molar-refractivity contribution is 0.631. The molecule has 0 amide bonds. The maximum atomic E-state index is 8.56. The van der Waals surface area contributed by atoms with Gasteiger partial charge in [-0.1, -0.05) is 53.9 Å². The average molecular weight is 370 g/mol. The van der Waals surface area contributed by atoms with Crippen LogP contribution in [0.1, 0.15) is 38.2 Å². The Morgan fingerprint density at radius 3 is 2.48 bits per heavy atom. The summed E-state index contributed by atoms with van der Waals surface area (Å²) in [6.07, 6.45) is 0. The van der Waals surface area contributed by atoms with Gasteiger partial charge in [-0.25, -0.2) is 4.98 Å². The first-order chi connectivity index (χ1) is 11.0. The minimum absolute atomic E-state index is 0.237. The lowest BCUT2D eigenvalue weighted by Gasteiger charge is -2.12. The lowest BCUT2D eigenvalue weighted by Crippen LogP contribution is -2.06. The van der Waals surface area contributed by atoms with Crippen molar-refractivity contribution < 1.29 is 0 Å². The fourth-order valence-electron chi connectivity index (χ4n) is 2.39. The van der Waals surface area contributed by atoms with Gasteiger partial charge in [-0.2, -0.15) is 0 Å². The van der Waals surface area contributed by atoms with E-state index < -0.39 is 0 Å². The summed E-state index contributed by atoms with van der Waals surface area (Å²) in [4.78, 5) is 8.43. The van der Waals surface area contributed by atoms with E-state index in [1.807, 2.05) is 12.1 Å². The van der Waals surface area contributed by atoms with Crippen LogP contribution in [0.5, 0.6) is 0 Å². The Morgan fingerprint density at radius 2 is 1.96 bits per heavy atom. The van der Waals surface area contributed by atoms with Crippen LogP contribution < -0.4 is 0 Å². The van der Waals surface area contributed by atoms with E-state index in [2.05, 4.69) is 40.3 Å². The molecule has 0 fully saturated rings. The second kappa shape index (κ2) is 7.97. The summed E-state index contributed by atoms with van der Waals surface area (Å²) in [5.74, 6) is 1.06. The highest BCUT2D eigenvalue weighted by Gasteiger charge is 2.19. The first-order valence-electron chi connectivity index (χ1n) is 7.20. The van der Waals surface area contributed by atoms with Gasteiger partial charge < -0.3 is 4.57 Å². The van der Waals surface area contributed by atoms with Gasteiger partial charge in [0.25, 0.3) is 0 Å². The molecule has 0 radical (unpaired) electrons. The number of benzene rings is 1. The van der Waals surface area contributed by atoms with E-state index in [0.717, 1.165) is 28.0 Å². The third-order valence-electron chi connectivity index (χ3n) is 3.24. The number of imidazole rings is 1. The molecule has 122 valence electrons. The molecule has 0 aliphatic heterocycles. The molecule has 2 aromatic rings. The molecule has 1 aromatic carbocycles. The minimum atomic E-state index is 0.237. The van der Waals surface area contributed by atoms with E-state index in [4.69, 9.17) is 28.7 Å². The van der Waals surface area contributed by atoms with Crippen LogP contribution in [-0.4, -0.2) is 9.55 Å². The SMILES string of the molecule is CCn1c(CN=[N+]=[N-])nc(Sc2cc(Cl)cc(Cl)c2)c1C(C)C. The minimum Gasteiger partial charge on any atom is -0.331 e. The quantitative estimate of drug-likeness (QED) is 0.340. The standard InChI is InChI=1S/C15H17Cl2N5S/c1-4-22-13(8-19-21-18)20-15(14(22)9(2)3)23-12-6-10(16)5-11(17)7-12/h5-7,9H,4,8H2,1-3H3. The number of hydrogen-bond donors (Lipinski definition) is 0. The Balaban J connectivity index is 2.47. The largest absolute Gasteiger partial charge is 0.331 e. The van der Waals surface area contributed by atoms with Crippen molar-refractivity contribution >= 4 is 35.0 Å². The van der Waals surface area contributed by atoms with Crippen LogP contribution in [0.3, 0.4) is 0 Å². The van der Waals surface area contributed by atoms with Gasteiger partial charge in [0.2, 0.25) is 0 Å². The first-order valence-corrected chi connectivity index (χ1v) is 8.77. The molecule has 0 saturated carbocycles. The van der Waals surface area contributed by atoms with Crippen molar-refractivity contribution in [3.05, 3.63) is 50.2 Å². The highest BCUT2D eigenvalue weighted by molar-refractivity contribution is 7.99. The summed E-state index contributed by atoms with van der Waals surface area (Å²) >= 11 is 13.7. The highest BCUT2D eigenvalue weighted by Crippen LogP contribution is 2.36. The van der Waals surface area contributed by atoms with Gasteiger partial charge in [-0.15, -0.1) is 0 Å². The van der Waals surface area contributed by atoms with Crippen molar-refractivity contribution in [2.24, 2.45) is 5.11 Å². The lowest BCUT2D eigenvalue weighted by atomic mass is 10.1. The molecule has 0 aliphatic carbocycles. The molecule has 0 spiro atoms. The average Bonchev–Trinajstić information content (AvgIpc) is 2.81. The smallest absolute Gasteiger partial charge is 0.123 e. The zero-order valence-electron chi connectivity index (χ0n) is 13.1.